The fourth-order valence-electron chi connectivity index (χ4n) is 3.48. The Kier molecular flexibility index (Phi) is 7.12. The van der Waals surface area contributed by atoms with E-state index in [4.69, 9.17) is 21.1 Å². The lowest BCUT2D eigenvalue weighted by molar-refractivity contribution is 0.0507. The lowest BCUT2D eigenvalue weighted by Gasteiger charge is -2.38. The van der Waals surface area contributed by atoms with Gasteiger partial charge in [-0.3, -0.25) is 0 Å². The van der Waals surface area contributed by atoms with Crippen molar-refractivity contribution in [1.82, 2.24) is 15.6 Å². The van der Waals surface area contributed by atoms with Gasteiger partial charge in [0.1, 0.15) is 0 Å². The van der Waals surface area contributed by atoms with Crippen LogP contribution in [0.2, 0.25) is 5.02 Å². The monoisotopic (exact) mass is 403 g/mol. The van der Waals surface area contributed by atoms with Crippen LogP contribution in [0.4, 0.5) is 4.79 Å². The highest BCUT2D eigenvalue weighted by molar-refractivity contribution is 6.31. The highest BCUT2D eigenvalue weighted by Gasteiger charge is 2.36. The molecular formula is C21H26ClN3O3. The Morgan fingerprint density at radius 3 is 2.79 bits per heavy atom. The molecule has 3 rings (SSSR count). The van der Waals surface area contributed by atoms with Crippen molar-refractivity contribution in [3.05, 3.63) is 58.7 Å². The first-order chi connectivity index (χ1) is 13.6. The number of carbonyl (C=O) groups is 1. The van der Waals surface area contributed by atoms with Crippen LogP contribution in [0, 0.1) is 0 Å². The third kappa shape index (κ3) is 5.14. The molecule has 2 heterocycles. The Bertz CT molecular complexity index is 794. The fourth-order valence-corrected chi connectivity index (χ4v) is 3.81. The molecule has 1 aliphatic rings. The molecule has 0 spiro atoms. The second-order valence-electron chi connectivity index (χ2n) is 6.84. The lowest BCUT2D eigenvalue weighted by atomic mass is 9.74. The Morgan fingerprint density at radius 2 is 2.04 bits per heavy atom. The molecule has 0 aliphatic carbocycles. The molecule has 1 fully saturated rings. The SMILES string of the molecule is CCOc1cc(CNC(=O)NCC2(c3ccccc3Cl)CCOCC2)ccn1. The second-order valence-corrected chi connectivity index (χ2v) is 7.25. The zero-order valence-corrected chi connectivity index (χ0v) is 16.8. The number of nitrogens with zero attached hydrogens (tertiary/aromatic N) is 1. The number of urea groups is 1. The summed E-state index contributed by atoms with van der Waals surface area (Å²) in [6.45, 7) is 4.68. The summed E-state index contributed by atoms with van der Waals surface area (Å²) >= 11 is 6.46. The topological polar surface area (TPSA) is 72.5 Å². The molecule has 0 bridgehead atoms. The van der Waals surface area contributed by atoms with Crippen LogP contribution >= 0.6 is 11.6 Å². The molecule has 1 aromatic heterocycles. The van der Waals surface area contributed by atoms with Gasteiger partial charge in [-0.25, -0.2) is 9.78 Å². The van der Waals surface area contributed by atoms with Crippen molar-refractivity contribution in [1.29, 1.82) is 0 Å². The molecule has 2 aromatic rings. The van der Waals surface area contributed by atoms with E-state index in [0.717, 1.165) is 29.0 Å². The standard InChI is InChI=1S/C21H26ClN3O3/c1-2-28-19-13-16(7-10-23-19)14-24-20(26)25-15-21(8-11-27-12-9-21)17-5-3-4-6-18(17)22/h3-7,10,13H,2,8-9,11-12,14-15H2,1H3,(H2,24,25,26). The van der Waals surface area contributed by atoms with Crippen molar-refractivity contribution in [3.8, 4) is 5.88 Å². The summed E-state index contributed by atoms with van der Waals surface area (Å²) in [5, 5.41) is 6.64. The smallest absolute Gasteiger partial charge is 0.315 e. The van der Waals surface area contributed by atoms with Crippen LogP contribution in [0.1, 0.15) is 30.9 Å². The van der Waals surface area contributed by atoms with Gasteiger partial charge in [0.2, 0.25) is 5.88 Å². The fraction of sp³-hybridized carbons (Fsp3) is 0.429. The van der Waals surface area contributed by atoms with Crippen molar-refractivity contribution >= 4 is 17.6 Å². The minimum atomic E-state index is -0.216. The number of pyridine rings is 1. The second kappa shape index (κ2) is 9.75. The maximum Gasteiger partial charge on any atom is 0.315 e. The molecule has 7 heteroatoms. The van der Waals surface area contributed by atoms with Gasteiger partial charge in [-0.1, -0.05) is 29.8 Å². The van der Waals surface area contributed by atoms with Crippen LogP contribution in [-0.4, -0.2) is 37.4 Å². The number of ether oxygens (including phenoxy) is 2. The molecule has 1 aliphatic heterocycles. The number of halogens is 1. The number of benzene rings is 1. The Morgan fingerprint density at radius 1 is 1.25 bits per heavy atom. The van der Waals surface area contributed by atoms with Crippen LogP contribution in [0.15, 0.2) is 42.6 Å². The first kappa shape index (κ1) is 20.4. The first-order valence-electron chi connectivity index (χ1n) is 9.55. The minimum absolute atomic E-state index is 0.215. The zero-order valence-electron chi connectivity index (χ0n) is 16.0. The Labute approximate surface area is 170 Å². The maximum absolute atomic E-state index is 12.4. The lowest BCUT2D eigenvalue weighted by Crippen LogP contribution is -2.47. The van der Waals surface area contributed by atoms with E-state index in [1.807, 2.05) is 43.3 Å². The first-order valence-corrected chi connectivity index (χ1v) is 9.93. The van der Waals surface area contributed by atoms with Gasteiger partial charge in [-0.05, 0) is 43.0 Å². The molecule has 2 N–H and O–H groups in total. The number of hydrogen-bond acceptors (Lipinski definition) is 4. The molecule has 2 amide bonds. The van der Waals surface area contributed by atoms with Gasteiger partial charge in [-0.15, -0.1) is 0 Å². The number of nitrogens with one attached hydrogen (secondary N) is 2. The molecule has 28 heavy (non-hydrogen) atoms. The predicted octanol–water partition coefficient (Wildman–Crippen LogP) is 3.68. The van der Waals surface area contributed by atoms with E-state index in [0.29, 0.717) is 38.8 Å². The van der Waals surface area contributed by atoms with Crippen molar-refractivity contribution in [2.24, 2.45) is 0 Å². The molecule has 1 aromatic carbocycles. The number of rotatable bonds is 7. The summed E-state index contributed by atoms with van der Waals surface area (Å²) < 4.78 is 10.9. The van der Waals surface area contributed by atoms with Crippen LogP contribution < -0.4 is 15.4 Å². The third-order valence-corrected chi connectivity index (χ3v) is 5.36. The highest BCUT2D eigenvalue weighted by atomic mass is 35.5. The number of aromatic nitrogens is 1. The van der Waals surface area contributed by atoms with Gasteiger partial charge in [0, 0.05) is 49.0 Å². The van der Waals surface area contributed by atoms with Crippen LogP contribution in [0.3, 0.4) is 0 Å². The number of hydrogen-bond donors (Lipinski definition) is 2. The molecule has 1 saturated heterocycles. The van der Waals surface area contributed by atoms with E-state index in [-0.39, 0.29) is 11.4 Å². The molecule has 0 saturated carbocycles. The molecule has 0 unspecified atom stereocenters. The number of amides is 2. The predicted molar refractivity (Wildman–Crippen MR) is 109 cm³/mol. The van der Waals surface area contributed by atoms with Gasteiger partial charge in [0.05, 0.1) is 6.61 Å². The van der Waals surface area contributed by atoms with Gasteiger partial charge in [-0.2, -0.15) is 0 Å². The summed E-state index contributed by atoms with van der Waals surface area (Å²) in [4.78, 5) is 16.5. The molecule has 0 atom stereocenters. The summed E-state index contributed by atoms with van der Waals surface area (Å²) in [6.07, 6.45) is 3.31. The summed E-state index contributed by atoms with van der Waals surface area (Å²) in [5.74, 6) is 0.557. The molecule has 6 nitrogen and oxygen atoms in total. The third-order valence-electron chi connectivity index (χ3n) is 5.03. The zero-order chi connectivity index (χ0) is 19.8. The van der Waals surface area contributed by atoms with Gasteiger partial charge >= 0.3 is 6.03 Å². The summed E-state index contributed by atoms with van der Waals surface area (Å²) in [6, 6.07) is 11.3. The van der Waals surface area contributed by atoms with Gasteiger partial charge < -0.3 is 20.1 Å². The largest absolute Gasteiger partial charge is 0.478 e. The average molecular weight is 404 g/mol. The van der Waals surface area contributed by atoms with E-state index in [9.17, 15) is 4.79 Å². The molecular weight excluding hydrogens is 378 g/mol. The van der Waals surface area contributed by atoms with E-state index in [2.05, 4.69) is 15.6 Å². The molecule has 150 valence electrons. The van der Waals surface area contributed by atoms with Crippen LogP contribution in [-0.2, 0) is 16.7 Å². The molecule has 0 radical (unpaired) electrons. The maximum atomic E-state index is 12.4. The Balaban J connectivity index is 1.60. The van der Waals surface area contributed by atoms with Crippen molar-refractivity contribution in [2.75, 3.05) is 26.4 Å². The van der Waals surface area contributed by atoms with Crippen LogP contribution in [0.5, 0.6) is 5.88 Å². The van der Waals surface area contributed by atoms with Crippen molar-refractivity contribution in [2.45, 2.75) is 31.7 Å². The summed E-state index contributed by atoms with van der Waals surface area (Å²) in [5.41, 5.74) is 1.78. The van der Waals surface area contributed by atoms with Gasteiger partial charge in [0.15, 0.2) is 0 Å². The van der Waals surface area contributed by atoms with E-state index < -0.39 is 0 Å². The van der Waals surface area contributed by atoms with E-state index in [1.165, 1.54) is 0 Å². The minimum Gasteiger partial charge on any atom is -0.478 e. The summed E-state index contributed by atoms with van der Waals surface area (Å²) in [7, 11) is 0. The normalized spacial score (nSPS) is 15.6. The van der Waals surface area contributed by atoms with Crippen molar-refractivity contribution < 1.29 is 14.3 Å². The highest BCUT2D eigenvalue weighted by Crippen LogP contribution is 2.38. The Hall–Kier alpha value is -2.31. The van der Waals surface area contributed by atoms with E-state index >= 15 is 0 Å². The van der Waals surface area contributed by atoms with E-state index in [1.54, 1.807) is 6.20 Å². The van der Waals surface area contributed by atoms with Gasteiger partial charge in [0.25, 0.3) is 0 Å². The quantitative estimate of drug-likeness (QED) is 0.739. The average Bonchev–Trinajstić information content (AvgIpc) is 2.72. The van der Waals surface area contributed by atoms with Crippen molar-refractivity contribution in [3.63, 3.8) is 0 Å². The number of carbonyl (C=O) groups excluding carboxylic acids is 1. The van der Waals surface area contributed by atoms with Crippen LogP contribution in [0.25, 0.3) is 0 Å².